The first-order chi connectivity index (χ1) is 16.0. The van der Waals surface area contributed by atoms with E-state index in [-0.39, 0.29) is 18.2 Å². The number of carbonyl (C=O) groups is 2. The second-order valence-electron chi connectivity index (χ2n) is 7.92. The van der Waals surface area contributed by atoms with E-state index in [1.54, 1.807) is 18.2 Å². The monoisotopic (exact) mass is 445 g/mol. The minimum Gasteiger partial charge on any atom is -0.493 e. The maximum absolute atomic E-state index is 13.2. The molecule has 33 heavy (non-hydrogen) atoms. The van der Waals surface area contributed by atoms with Crippen molar-refractivity contribution in [1.82, 2.24) is 9.88 Å². The highest BCUT2D eigenvalue weighted by Crippen LogP contribution is 2.37. The van der Waals surface area contributed by atoms with Crippen molar-refractivity contribution in [1.29, 1.82) is 0 Å². The molecular weight excluding hydrogens is 418 g/mol. The normalized spacial score (nSPS) is 13.4. The van der Waals surface area contributed by atoms with Crippen LogP contribution < -0.4 is 14.8 Å². The Morgan fingerprint density at radius 1 is 1.15 bits per heavy atom. The van der Waals surface area contributed by atoms with Crippen LogP contribution in [0.25, 0.3) is 0 Å². The Morgan fingerprint density at radius 3 is 2.70 bits per heavy atom. The lowest BCUT2D eigenvalue weighted by Gasteiger charge is -2.28. The standard InChI is InChI=1S/C26H27N3O4/c1-4-33-22-10-9-18(14-23(22)32-3)21(15-25(30)28-24-13-17(2)11-12-27-24)29-16-19-7-5-6-8-20(19)26(29)31/h5-14,21H,4,15-16H2,1-3H3,(H,27,28,30)/t21-/m0/s1. The maximum atomic E-state index is 13.2. The predicted molar refractivity (Wildman–Crippen MR) is 125 cm³/mol. The van der Waals surface area contributed by atoms with E-state index >= 15 is 0 Å². The summed E-state index contributed by atoms with van der Waals surface area (Å²) in [6, 6.07) is 16.3. The van der Waals surface area contributed by atoms with E-state index in [1.807, 2.05) is 68.4 Å². The summed E-state index contributed by atoms with van der Waals surface area (Å²) in [5.41, 5.74) is 3.41. The molecule has 1 aromatic heterocycles. The molecule has 2 heterocycles. The molecule has 2 aromatic carbocycles. The van der Waals surface area contributed by atoms with Gasteiger partial charge < -0.3 is 19.7 Å². The number of hydrogen-bond donors (Lipinski definition) is 1. The van der Waals surface area contributed by atoms with Crippen LogP contribution in [-0.2, 0) is 11.3 Å². The Hall–Kier alpha value is -3.87. The minimum atomic E-state index is -0.487. The Labute approximate surface area is 193 Å². The molecule has 0 bridgehead atoms. The first-order valence-electron chi connectivity index (χ1n) is 10.9. The number of rotatable bonds is 8. The van der Waals surface area contributed by atoms with Crippen LogP contribution in [0.15, 0.2) is 60.8 Å². The first-order valence-corrected chi connectivity index (χ1v) is 10.9. The molecule has 0 spiro atoms. The van der Waals surface area contributed by atoms with Crippen molar-refractivity contribution in [3.8, 4) is 11.5 Å². The fraction of sp³-hybridized carbons (Fsp3) is 0.269. The number of benzene rings is 2. The van der Waals surface area contributed by atoms with Gasteiger partial charge in [0, 0.05) is 18.3 Å². The molecule has 0 aliphatic carbocycles. The summed E-state index contributed by atoms with van der Waals surface area (Å²) in [7, 11) is 1.57. The molecule has 4 rings (SSSR count). The highest BCUT2D eigenvalue weighted by Gasteiger charge is 2.35. The zero-order valence-corrected chi connectivity index (χ0v) is 19.0. The largest absolute Gasteiger partial charge is 0.493 e. The topological polar surface area (TPSA) is 80.8 Å². The van der Waals surface area contributed by atoms with Crippen molar-refractivity contribution < 1.29 is 19.1 Å². The molecule has 7 nitrogen and oxygen atoms in total. The van der Waals surface area contributed by atoms with Crippen molar-refractivity contribution in [3.05, 3.63) is 83.0 Å². The van der Waals surface area contributed by atoms with Gasteiger partial charge in [0.05, 0.1) is 26.2 Å². The zero-order chi connectivity index (χ0) is 23.4. The molecule has 0 radical (unpaired) electrons. The molecule has 3 aromatic rings. The summed E-state index contributed by atoms with van der Waals surface area (Å²) in [5.74, 6) is 1.34. The van der Waals surface area contributed by atoms with Gasteiger partial charge in [0.25, 0.3) is 5.91 Å². The lowest BCUT2D eigenvalue weighted by molar-refractivity contribution is -0.117. The molecule has 2 amide bonds. The van der Waals surface area contributed by atoms with Crippen LogP contribution in [-0.4, -0.2) is 35.4 Å². The van der Waals surface area contributed by atoms with E-state index in [2.05, 4.69) is 10.3 Å². The van der Waals surface area contributed by atoms with Gasteiger partial charge in [-0.3, -0.25) is 9.59 Å². The van der Waals surface area contributed by atoms with Gasteiger partial charge in [0.1, 0.15) is 5.82 Å². The second-order valence-corrected chi connectivity index (χ2v) is 7.92. The number of fused-ring (bicyclic) bond motifs is 1. The smallest absolute Gasteiger partial charge is 0.255 e. The molecule has 1 atom stereocenters. The van der Waals surface area contributed by atoms with Crippen molar-refractivity contribution >= 4 is 17.6 Å². The molecular formula is C26H27N3O4. The highest BCUT2D eigenvalue weighted by molar-refractivity contribution is 5.99. The average Bonchev–Trinajstić information content (AvgIpc) is 3.14. The van der Waals surface area contributed by atoms with Crippen LogP contribution in [0.2, 0.25) is 0 Å². The van der Waals surface area contributed by atoms with Gasteiger partial charge in [-0.2, -0.15) is 0 Å². The van der Waals surface area contributed by atoms with Crippen molar-refractivity contribution in [2.24, 2.45) is 0 Å². The Morgan fingerprint density at radius 2 is 1.97 bits per heavy atom. The molecule has 0 saturated carbocycles. The van der Waals surface area contributed by atoms with Crippen LogP contribution in [0.3, 0.4) is 0 Å². The number of pyridine rings is 1. The fourth-order valence-electron chi connectivity index (χ4n) is 4.08. The van der Waals surface area contributed by atoms with Gasteiger partial charge in [-0.15, -0.1) is 0 Å². The number of anilines is 1. The number of hydrogen-bond acceptors (Lipinski definition) is 5. The summed E-state index contributed by atoms with van der Waals surface area (Å²) in [6.45, 7) is 4.78. The zero-order valence-electron chi connectivity index (χ0n) is 19.0. The number of nitrogens with one attached hydrogen (secondary N) is 1. The fourth-order valence-corrected chi connectivity index (χ4v) is 4.08. The third kappa shape index (κ3) is 4.82. The number of ether oxygens (including phenoxy) is 2. The SMILES string of the molecule is CCOc1ccc([C@H](CC(=O)Nc2cc(C)ccn2)N2Cc3ccccc3C2=O)cc1OC. The van der Waals surface area contributed by atoms with E-state index in [1.165, 1.54) is 0 Å². The van der Waals surface area contributed by atoms with E-state index in [0.29, 0.717) is 36.0 Å². The molecule has 0 unspecified atom stereocenters. The van der Waals surface area contributed by atoms with Crippen LogP contribution in [0.1, 0.15) is 46.4 Å². The lowest BCUT2D eigenvalue weighted by atomic mass is 10.0. The third-order valence-electron chi connectivity index (χ3n) is 5.66. The Bertz CT molecular complexity index is 1180. The number of nitrogens with zero attached hydrogens (tertiary/aromatic N) is 2. The summed E-state index contributed by atoms with van der Waals surface area (Å²) in [6.07, 6.45) is 1.73. The summed E-state index contributed by atoms with van der Waals surface area (Å²) < 4.78 is 11.2. The lowest BCUT2D eigenvalue weighted by Crippen LogP contribution is -2.32. The van der Waals surface area contributed by atoms with Crippen molar-refractivity contribution in [3.63, 3.8) is 0 Å². The third-order valence-corrected chi connectivity index (χ3v) is 5.66. The quantitative estimate of drug-likeness (QED) is 0.551. The maximum Gasteiger partial charge on any atom is 0.255 e. The van der Waals surface area contributed by atoms with Crippen LogP contribution >= 0.6 is 0 Å². The summed E-state index contributed by atoms with van der Waals surface area (Å²) >= 11 is 0. The first kappa shape index (κ1) is 22.3. The summed E-state index contributed by atoms with van der Waals surface area (Å²) in [4.78, 5) is 32.2. The van der Waals surface area contributed by atoms with Crippen molar-refractivity contribution in [2.45, 2.75) is 32.9 Å². The Kier molecular flexibility index (Phi) is 6.58. The molecule has 170 valence electrons. The summed E-state index contributed by atoms with van der Waals surface area (Å²) in [5, 5.41) is 2.86. The van der Waals surface area contributed by atoms with Gasteiger partial charge >= 0.3 is 0 Å². The van der Waals surface area contributed by atoms with Crippen LogP contribution in [0.5, 0.6) is 11.5 Å². The van der Waals surface area contributed by atoms with Gasteiger partial charge in [-0.25, -0.2) is 4.98 Å². The van der Waals surface area contributed by atoms with E-state index in [4.69, 9.17) is 9.47 Å². The predicted octanol–water partition coefficient (Wildman–Crippen LogP) is 4.52. The number of aromatic nitrogens is 1. The van der Waals surface area contributed by atoms with Gasteiger partial charge in [0.2, 0.25) is 5.91 Å². The van der Waals surface area contributed by atoms with E-state index in [0.717, 1.165) is 16.7 Å². The van der Waals surface area contributed by atoms with Gasteiger partial charge in [-0.05, 0) is 60.9 Å². The minimum absolute atomic E-state index is 0.0759. The average molecular weight is 446 g/mol. The number of aryl methyl sites for hydroxylation is 1. The Balaban J connectivity index is 1.65. The molecule has 0 saturated heterocycles. The van der Waals surface area contributed by atoms with Crippen molar-refractivity contribution in [2.75, 3.05) is 19.0 Å². The second kappa shape index (κ2) is 9.73. The molecule has 1 aliphatic rings. The van der Waals surface area contributed by atoms with Crippen LogP contribution in [0, 0.1) is 6.92 Å². The molecule has 1 aliphatic heterocycles. The highest BCUT2D eigenvalue weighted by atomic mass is 16.5. The molecule has 7 heteroatoms. The van der Waals surface area contributed by atoms with E-state index < -0.39 is 6.04 Å². The van der Waals surface area contributed by atoms with Gasteiger partial charge in [0.15, 0.2) is 11.5 Å². The van der Waals surface area contributed by atoms with Gasteiger partial charge in [-0.1, -0.05) is 24.3 Å². The number of carbonyl (C=O) groups excluding carboxylic acids is 2. The number of amides is 2. The molecule has 1 N–H and O–H groups in total. The number of methoxy groups -OCH3 is 1. The van der Waals surface area contributed by atoms with E-state index in [9.17, 15) is 9.59 Å². The van der Waals surface area contributed by atoms with Crippen LogP contribution in [0.4, 0.5) is 5.82 Å². The molecule has 0 fully saturated rings.